The fourth-order valence-corrected chi connectivity index (χ4v) is 4.73. The van der Waals surface area contributed by atoms with E-state index in [2.05, 4.69) is 35.7 Å². The van der Waals surface area contributed by atoms with E-state index < -0.39 is 5.92 Å². The zero-order chi connectivity index (χ0) is 20.8. The molecule has 4 rings (SSSR count). The van der Waals surface area contributed by atoms with Crippen molar-refractivity contribution in [2.24, 2.45) is 5.41 Å². The highest BCUT2D eigenvalue weighted by atomic mass is 32.2. The van der Waals surface area contributed by atoms with Crippen LogP contribution in [0.3, 0.4) is 0 Å². The summed E-state index contributed by atoms with van der Waals surface area (Å²) in [6, 6.07) is 6.73. The van der Waals surface area contributed by atoms with E-state index in [1.807, 2.05) is 6.07 Å². The molecule has 0 saturated carbocycles. The predicted molar refractivity (Wildman–Crippen MR) is 114 cm³/mol. The molecule has 29 heavy (non-hydrogen) atoms. The third-order valence-corrected chi connectivity index (χ3v) is 6.11. The van der Waals surface area contributed by atoms with Gasteiger partial charge in [0.25, 0.3) is 5.56 Å². The first-order chi connectivity index (χ1) is 13.8. The third-order valence-electron chi connectivity index (χ3n) is 5.24. The highest BCUT2D eigenvalue weighted by Gasteiger charge is 2.42. The minimum atomic E-state index is -0.563. The summed E-state index contributed by atoms with van der Waals surface area (Å²) in [4.78, 5) is 33.6. The van der Waals surface area contributed by atoms with Crippen molar-refractivity contribution in [3.63, 3.8) is 0 Å². The van der Waals surface area contributed by atoms with Crippen LogP contribution in [-0.4, -0.2) is 26.6 Å². The van der Waals surface area contributed by atoms with Crippen LogP contribution in [0.4, 0.5) is 5.82 Å². The lowest BCUT2D eigenvalue weighted by atomic mass is 9.69. The van der Waals surface area contributed by atoms with Crippen LogP contribution in [0.25, 0.3) is 0 Å². The van der Waals surface area contributed by atoms with Gasteiger partial charge in [0.2, 0.25) is 0 Å². The minimum absolute atomic E-state index is 0.0206. The van der Waals surface area contributed by atoms with Crippen LogP contribution in [0.5, 0.6) is 5.75 Å². The largest absolute Gasteiger partial charge is 0.508 e. The molecule has 1 unspecified atom stereocenters. The zero-order valence-corrected chi connectivity index (χ0v) is 17.2. The van der Waals surface area contributed by atoms with Crippen LogP contribution in [0, 0.1) is 5.41 Å². The Morgan fingerprint density at radius 2 is 2.14 bits per heavy atom. The van der Waals surface area contributed by atoms with Gasteiger partial charge < -0.3 is 15.4 Å². The number of anilines is 1. The van der Waals surface area contributed by atoms with Crippen molar-refractivity contribution in [3.8, 4) is 5.75 Å². The lowest BCUT2D eigenvalue weighted by Crippen LogP contribution is -2.37. The number of hydrogen-bond donors (Lipinski definition) is 3. The number of H-pyrrole nitrogens is 1. The van der Waals surface area contributed by atoms with E-state index in [0.717, 1.165) is 5.70 Å². The van der Waals surface area contributed by atoms with Crippen LogP contribution in [0.2, 0.25) is 0 Å². The molecule has 1 aliphatic heterocycles. The van der Waals surface area contributed by atoms with Crippen molar-refractivity contribution in [2.45, 2.75) is 37.8 Å². The average Bonchev–Trinajstić information content (AvgIpc) is 2.63. The van der Waals surface area contributed by atoms with Crippen LogP contribution in [0.15, 0.2) is 58.1 Å². The van der Waals surface area contributed by atoms with E-state index in [9.17, 15) is 14.7 Å². The van der Waals surface area contributed by atoms with Crippen molar-refractivity contribution in [3.05, 3.63) is 69.7 Å². The Bertz CT molecular complexity index is 1100. The molecular formula is C22H23N3O3S. The summed E-state index contributed by atoms with van der Waals surface area (Å²) in [6.07, 6.45) is 2.85. The monoisotopic (exact) mass is 409 g/mol. The zero-order valence-electron chi connectivity index (χ0n) is 16.4. The Kier molecular flexibility index (Phi) is 4.86. The Balaban J connectivity index is 1.93. The number of hydrogen-bond acceptors (Lipinski definition) is 6. The number of carbonyl (C=O) groups excluding carboxylic acids is 1. The third kappa shape index (κ3) is 3.62. The second-order valence-corrected chi connectivity index (χ2v) is 9.23. The number of nitrogens with zero attached hydrogens (tertiary/aromatic N) is 1. The van der Waals surface area contributed by atoms with Gasteiger partial charge in [0, 0.05) is 29.4 Å². The highest BCUT2D eigenvalue weighted by Crippen LogP contribution is 2.47. The molecule has 150 valence electrons. The van der Waals surface area contributed by atoms with Crippen molar-refractivity contribution >= 4 is 23.4 Å². The minimum Gasteiger partial charge on any atom is -0.508 e. The van der Waals surface area contributed by atoms with Crippen molar-refractivity contribution < 1.29 is 9.90 Å². The number of Topliss-reactive ketones (excluding diaryl/α,β-unsaturated/α-hetero) is 1. The number of allylic oxidation sites excluding steroid dienone is 2. The maximum absolute atomic E-state index is 13.1. The van der Waals surface area contributed by atoms with Gasteiger partial charge in [-0.05, 0) is 29.5 Å². The lowest BCUT2D eigenvalue weighted by molar-refractivity contribution is -0.118. The number of aromatic hydroxyl groups is 1. The van der Waals surface area contributed by atoms with Crippen LogP contribution in [0.1, 0.15) is 43.7 Å². The maximum Gasteiger partial charge on any atom is 0.257 e. The van der Waals surface area contributed by atoms with Gasteiger partial charge >= 0.3 is 0 Å². The van der Waals surface area contributed by atoms with Gasteiger partial charge in [-0.25, -0.2) is 4.98 Å². The number of carbonyl (C=O) groups is 1. The molecule has 6 nitrogen and oxygen atoms in total. The average molecular weight is 410 g/mol. The number of phenolic OH excluding ortho intramolecular Hbond substituents is 1. The molecule has 2 aliphatic rings. The molecule has 1 aromatic carbocycles. The summed E-state index contributed by atoms with van der Waals surface area (Å²) in [5.41, 5.74) is 2.06. The molecule has 0 spiro atoms. The predicted octanol–water partition coefficient (Wildman–Crippen LogP) is 3.95. The van der Waals surface area contributed by atoms with E-state index in [1.165, 1.54) is 11.8 Å². The Hall–Kier alpha value is -2.80. The fraction of sp³-hybridized carbons (Fsp3) is 0.318. The van der Waals surface area contributed by atoms with Crippen LogP contribution < -0.4 is 10.9 Å². The molecule has 2 heterocycles. The summed E-state index contributed by atoms with van der Waals surface area (Å²) < 4.78 is 0. The molecule has 0 radical (unpaired) electrons. The van der Waals surface area contributed by atoms with Crippen molar-refractivity contribution in [1.29, 1.82) is 0 Å². The summed E-state index contributed by atoms with van der Waals surface area (Å²) in [7, 11) is 0. The maximum atomic E-state index is 13.1. The van der Waals surface area contributed by atoms with Gasteiger partial charge in [0.15, 0.2) is 10.9 Å². The van der Waals surface area contributed by atoms with E-state index in [4.69, 9.17) is 0 Å². The molecule has 0 fully saturated rings. The van der Waals surface area contributed by atoms with Gasteiger partial charge in [-0.2, -0.15) is 0 Å². The lowest BCUT2D eigenvalue weighted by Gasteiger charge is -2.38. The smallest absolute Gasteiger partial charge is 0.257 e. The second kappa shape index (κ2) is 7.22. The molecular weight excluding hydrogens is 386 g/mol. The highest BCUT2D eigenvalue weighted by molar-refractivity contribution is 7.99. The van der Waals surface area contributed by atoms with E-state index in [-0.39, 0.29) is 22.5 Å². The van der Waals surface area contributed by atoms with Crippen LogP contribution in [-0.2, 0) is 4.79 Å². The van der Waals surface area contributed by atoms with Gasteiger partial charge in [0.05, 0.1) is 5.56 Å². The first-order valence-electron chi connectivity index (χ1n) is 9.49. The molecule has 3 N–H and O–H groups in total. The van der Waals surface area contributed by atoms with E-state index in [0.29, 0.717) is 46.3 Å². The Labute approximate surface area is 173 Å². The summed E-state index contributed by atoms with van der Waals surface area (Å²) in [5, 5.41) is 13.8. The second-order valence-electron chi connectivity index (χ2n) is 8.22. The van der Waals surface area contributed by atoms with Gasteiger partial charge in [-0.1, -0.05) is 43.8 Å². The number of benzene rings is 1. The summed E-state index contributed by atoms with van der Waals surface area (Å²) in [6.45, 7) is 7.82. The summed E-state index contributed by atoms with van der Waals surface area (Å²) >= 11 is 1.39. The molecule has 1 aromatic heterocycles. The van der Waals surface area contributed by atoms with Crippen molar-refractivity contribution in [1.82, 2.24) is 9.97 Å². The number of ketones is 1. The number of aromatic nitrogens is 2. The number of rotatable bonds is 4. The standard InChI is InChI=1S/C22H23N3O3S/c1-4-8-29-21-24-19-18(20(28)25-21)16(12-6-5-7-13(26)9-12)17-14(23-19)10-22(2,3)11-15(17)27/h4-7,9,16,26H,1,8,10-11H2,2-3H3,(H2,23,24,25,28). The first kappa shape index (κ1) is 19.5. The SMILES string of the molecule is C=CCSc1nc2c(c(=O)[nH]1)C(c1cccc(O)c1)C1=C(CC(C)(C)CC1=O)N2. The quantitative estimate of drug-likeness (QED) is 0.402. The molecule has 0 saturated heterocycles. The number of thioether (sulfide) groups is 1. The van der Waals surface area contributed by atoms with Crippen molar-refractivity contribution in [2.75, 3.05) is 11.1 Å². The van der Waals surface area contributed by atoms with Gasteiger partial charge in [-0.15, -0.1) is 6.58 Å². The molecule has 0 bridgehead atoms. The van der Waals surface area contributed by atoms with E-state index in [1.54, 1.807) is 24.3 Å². The Morgan fingerprint density at radius 3 is 2.86 bits per heavy atom. The number of phenols is 1. The van der Waals surface area contributed by atoms with Gasteiger partial charge in [-0.3, -0.25) is 9.59 Å². The molecule has 0 amide bonds. The number of aromatic amines is 1. The van der Waals surface area contributed by atoms with E-state index >= 15 is 0 Å². The molecule has 1 atom stereocenters. The molecule has 1 aliphatic carbocycles. The molecule has 2 aromatic rings. The topological polar surface area (TPSA) is 95.1 Å². The fourth-order valence-electron chi connectivity index (χ4n) is 4.14. The normalized spacial score (nSPS) is 19.9. The Morgan fingerprint density at radius 1 is 1.34 bits per heavy atom. The summed E-state index contributed by atoms with van der Waals surface area (Å²) in [5.74, 6) is 0.643. The molecule has 7 heteroatoms. The van der Waals surface area contributed by atoms with Gasteiger partial charge in [0.1, 0.15) is 11.6 Å². The number of fused-ring (bicyclic) bond motifs is 1. The first-order valence-corrected chi connectivity index (χ1v) is 10.5. The van der Waals surface area contributed by atoms with Crippen LogP contribution >= 0.6 is 11.8 Å². The number of nitrogens with one attached hydrogen (secondary N) is 2.